The molecule has 1 atom stereocenters. The Labute approximate surface area is 153 Å². The van der Waals surface area contributed by atoms with Crippen molar-refractivity contribution in [2.45, 2.75) is 44.9 Å². The summed E-state index contributed by atoms with van der Waals surface area (Å²) in [5.74, 6) is 1.28. The zero-order chi connectivity index (χ0) is 17.9. The van der Waals surface area contributed by atoms with Crippen molar-refractivity contribution in [1.29, 1.82) is 0 Å². The molecule has 0 aliphatic heterocycles. The van der Waals surface area contributed by atoms with Gasteiger partial charge >= 0.3 is 0 Å². The van der Waals surface area contributed by atoms with Crippen molar-refractivity contribution in [3.8, 4) is 0 Å². The van der Waals surface area contributed by atoms with Gasteiger partial charge in [-0.3, -0.25) is 4.79 Å². The molecular formula is C22H24N2O2. The Morgan fingerprint density at radius 1 is 1.19 bits per heavy atom. The molecule has 4 heteroatoms. The first kappa shape index (κ1) is 16.8. The molecule has 0 radical (unpaired) electrons. The number of amides is 1. The van der Waals surface area contributed by atoms with Crippen molar-refractivity contribution in [2.24, 2.45) is 0 Å². The highest BCUT2D eigenvalue weighted by atomic mass is 16.3. The summed E-state index contributed by atoms with van der Waals surface area (Å²) in [4.78, 5) is 15.8. The molecule has 0 saturated carbocycles. The molecule has 1 heterocycles. The first-order valence-electron chi connectivity index (χ1n) is 9.40. The van der Waals surface area contributed by atoms with Gasteiger partial charge in [-0.25, -0.2) is 4.98 Å². The molecule has 4 nitrogen and oxygen atoms in total. The number of rotatable bonds is 6. The summed E-state index contributed by atoms with van der Waals surface area (Å²) in [5, 5.41) is 2.91. The van der Waals surface area contributed by atoms with E-state index in [0.717, 1.165) is 49.1 Å². The molecule has 134 valence electrons. The Morgan fingerprint density at radius 3 is 2.85 bits per heavy atom. The fourth-order valence-electron chi connectivity index (χ4n) is 3.95. The van der Waals surface area contributed by atoms with Gasteiger partial charge in [0.05, 0.1) is 0 Å². The summed E-state index contributed by atoms with van der Waals surface area (Å²) >= 11 is 0. The average Bonchev–Trinajstić information content (AvgIpc) is 3.24. The van der Waals surface area contributed by atoms with Crippen LogP contribution in [0.4, 0.5) is 0 Å². The summed E-state index contributed by atoms with van der Waals surface area (Å²) in [7, 11) is 0. The lowest BCUT2D eigenvalue weighted by Crippen LogP contribution is -2.22. The van der Waals surface area contributed by atoms with E-state index in [0.29, 0.717) is 12.5 Å². The van der Waals surface area contributed by atoms with Gasteiger partial charge in [-0.2, -0.15) is 0 Å². The van der Waals surface area contributed by atoms with Gasteiger partial charge in [0, 0.05) is 25.5 Å². The van der Waals surface area contributed by atoms with Gasteiger partial charge in [0.25, 0.3) is 0 Å². The standard InChI is InChI=1S/C22H24N2O2/c1-15(25)23-14-13-18-9-8-17-10-11-19-22(21(17)18)26-20(24-19)12-7-16-5-3-2-4-6-16/h2-6,10-11,18H,7-9,12-14H2,1H3,(H,23,25). The minimum absolute atomic E-state index is 0.0318. The van der Waals surface area contributed by atoms with E-state index >= 15 is 0 Å². The molecule has 3 aromatic rings. The monoisotopic (exact) mass is 348 g/mol. The van der Waals surface area contributed by atoms with Crippen molar-refractivity contribution in [2.75, 3.05) is 6.54 Å². The molecule has 1 unspecified atom stereocenters. The number of hydrogen-bond donors (Lipinski definition) is 1. The van der Waals surface area contributed by atoms with E-state index in [-0.39, 0.29) is 5.91 Å². The average molecular weight is 348 g/mol. The number of carbonyl (C=O) groups is 1. The summed E-state index contributed by atoms with van der Waals surface area (Å²) in [6.45, 7) is 2.28. The predicted molar refractivity (Wildman–Crippen MR) is 102 cm³/mol. The molecule has 1 amide bonds. The maximum absolute atomic E-state index is 11.1. The molecule has 1 aromatic heterocycles. The normalized spacial score (nSPS) is 16.0. The van der Waals surface area contributed by atoms with Crippen molar-refractivity contribution in [3.05, 3.63) is 65.0 Å². The lowest BCUT2D eigenvalue weighted by molar-refractivity contribution is -0.118. The quantitative estimate of drug-likeness (QED) is 0.727. The maximum Gasteiger partial charge on any atom is 0.216 e. The molecule has 4 rings (SSSR count). The van der Waals surface area contributed by atoms with Crippen molar-refractivity contribution in [1.82, 2.24) is 10.3 Å². The number of hydrogen-bond acceptors (Lipinski definition) is 3. The summed E-state index contributed by atoms with van der Waals surface area (Å²) < 4.78 is 6.19. The predicted octanol–water partition coefficient (Wildman–Crippen LogP) is 4.17. The fourth-order valence-corrected chi connectivity index (χ4v) is 3.95. The molecule has 26 heavy (non-hydrogen) atoms. The van der Waals surface area contributed by atoms with E-state index in [1.165, 1.54) is 16.7 Å². The Hall–Kier alpha value is -2.62. The van der Waals surface area contributed by atoms with E-state index in [4.69, 9.17) is 9.40 Å². The van der Waals surface area contributed by atoms with Crippen LogP contribution in [-0.2, 0) is 24.1 Å². The van der Waals surface area contributed by atoms with Crippen LogP contribution in [0.3, 0.4) is 0 Å². The van der Waals surface area contributed by atoms with E-state index in [2.05, 4.69) is 41.7 Å². The zero-order valence-corrected chi connectivity index (χ0v) is 15.1. The summed E-state index contributed by atoms with van der Waals surface area (Å²) in [6, 6.07) is 14.7. The number of carbonyl (C=O) groups excluding carboxylic acids is 1. The van der Waals surface area contributed by atoms with Crippen molar-refractivity contribution < 1.29 is 9.21 Å². The van der Waals surface area contributed by atoms with Gasteiger partial charge in [0.2, 0.25) is 5.91 Å². The number of nitrogens with one attached hydrogen (secondary N) is 1. The van der Waals surface area contributed by atoms with Gasteiger partial charge in [0.1, 0.15) is 5.52 Å². The third-order valence-electron chi connectivity index (χ3n) is 5.24. The summed E-state index contributed by atoms with van der Waals surface area (Å²) in [6.07, 6.45) is 4.89. The molecule has 1 N–H and O–H groups in total. The lowest BCUT2D eigenvalue weighted by Gasteiger charge is -2.11. The Balaban J connectivity index is 1.54. The van der Waals surface area contributed by atoms with Gasteiger partial charge in [-0.1, -0.05) is 36.4 Å². The second kappa shape index (κ2) is 7.32. The van der Waals surface area contributed by atoms with Gasteiger partial charge in [-0.15, -0.1) is 0 Å². The minimum atomic E-state index is 0.0318. The van der Waals surface area contributed by atoms with Gasteiger partial charge in [0.15, 0.2) is 11.5 Å². The van der Waals surface area contributed by atoms with Crippen LogP contribution in [0.5, 0.6) is 0 Å². The SMILES string of the molecule is CC(=O)NCCC1CCc2ccc3nc(CCc4ccccc4)oc3c21. The maximum atomic E-state index is 11.1. The third-order valence-corrected chi connectivity index (χ3v) is 5.24. The minimum Gasteiger partial charge on any atom is -0.440 e. The van der Waals surface area contributed by atoms with Crippen molar-refractivity contribution in [3.63, 3.8) is 0 Å². The highest BCUT2D eigenvalue weighted by Gasteiger charge is 2.27. The van der Waals surface area contributed by atoms with Crippen LogP contribution in [-0.4, -0.2) is 17.4 Å². The Kier molecular flexibility index (Phi) is 4.74. The first-order chi connectivity index (χ1) is 12.7. The molecule has 0 bridgehead atoms. The second-order valence-electron chi connectivity index (χ2n) is 7.09. The summed E-state index contributed by atoms with van der Waals surface area (Å²) in [5.41, 5.74) is 5.89. The largest absolute Gasteiger partial charge is 0.440 e. The Morgan fingerprint density at radius 2 is 2.04 bits per heavy atom. The topological polar surface area (TPSA) is 55.1 Å². The van der Waals surface area contributed by atoms with Crippen LogP contribution >= 0.6 is 0 Å². The van der Waals surface area contributed by atoms with Crippen LogP contribution in [0.25, 0.3) is 11.1 Å². The fraction of sp³-hybridized carbons (Fsp3) is 0.364. The first-order valence-corrected chi connectivity index (χ1v) is 9.40. The number of benzene rings is 2. The van der Waals surface area contributed by atoms with E-state index in [1.54, 1.807) is 6.92 Å². The van der Waals surface area contributed by atoms with Gasteiger partial charge < -0.3 is 9.73 Å². The Bertz CT molecular complexity index is 915. The zero-order valence-electron chi connectivity index (χ0n) is 15.1. The van der Waals surface area contributed by atoms with E-state index in [9.17, 15) is 4.79 Å². The highest BCUT2D eigenvalue weighted by molar-refractivity contribution is 5.79. The van der Waals surface area contributed by atoms with Crippen LogP contribution in [0.1, 0.15) is 48.3 Å². The molecule has 0 spiro atoms. The van der Waals surface area contributed by atoms with Crippen LogP contribution in [0.2, 0.25) is 0 Å². The van der Waals surface area contributed by atoms with E-state index < -0.39 is 0 Å². The van der Waals surface area contributed by atoms with Crippen LogP contribution < -0.4 is 5.32 Å². The third kappa shape index (κ3) is 3.50. The number of nitrogens with zero attached hydrogens (tertiary/aromatic N) is 1. The number of aromatic nitrogens is 1. The van der Waals surface area contributed by atoms with Crippen LogP contribution in [0, 0.1) is 0 Å². The van der Waals surface area contributed by atoms with E-state index in [1.807, 2.05) is 6.07 Å². The smallest absolute Gasteiger partial charge is 0.216 e. The number of oxazole rings is 1. The number of aryl methyl sites for hydroxylation is 3. The molecule has 0 saturated heterocycles. The molecule has 2 aromatic carbocycles. The molecular weight excluding hydrogens is 324 g/mol. The lowest BCUT2D eigenvalue weighted by atomic mass is 9.97. The molecule has 1 aliphatic carbocycles. The van der Waals surface area contributed by atoms with Crippen LogP contribution in [0.15, 0.2) is 46.9 Å². The number of fused-ring (bicyclic) bond motifs is 3. The molecule has 0 fully saturated rings. The molecule has 1 aliphatic rings. The van der Waals surface area contributed by atoms with Gasteiger partial charge in [-0.05, 0) is 48.8 Å². The highest BCUT2D eigenvalue weighted by Crippen LogP contribution is 2.40. The second-order valence-corrected chi connectivity index (χ2v) is 7.09. The van der Waals surface area contributed by atoms with Crippen molar-refractivity contribution >= 4 is 17.0 Å².